The average Bonchev–Trinajstić information content (AvgIpc) is 1.80. The van der Waals surface area contributed by atoms with Crippen molar-refractivity contribution >= 4 is 10.3 Å². The Morgan fingerprint density at radius 2 is 2.10 bits per heavy atom. The van der Waals surface area contributed by atoms with E-state index in [2.05, 4.69) is 4.74 Å². The quantitative estimate of drug-likeness (QED) is 0.464. The molecule has 0 aromatic rings. The predicted molar refractivity (Wildman–Crippen MR) is 35.8 cm³/mol. The van der Waals surface area contributed by atoms with E-state index in [1.165, 1.54) is 7.11 Å². The summed E-state index contributed by atoms with van der Waals surface area (Å²) in [7, 11) is -2.71. The molecule has 5 nitrogen and oxygen atoms in total. The van der Waals surface area contributed by atoms with Crippen LogP contribution in [-0.4, -0.2) is 37.7 Å². The highest BCUT2D eigenvalue weighted by atomic mass is 32.2. The Bertz CT molecular complexity index is 176. The van der Waals surface area contributed by atoms with Gasteiger partial charge in [-0.1, -0.05) is 6.92 Å². The summed E-state index contributed by atoms with van der Waals surface area (Å²) in [6.45, 7) is 1.69. The molecular formula is C4H11NO4S. The molecule has 0 atom stereocenters. The second-order valence-electron chi connectivity index (χ2n) is 1.66. The molecular weight excluding hydrogens is 158 g/mol. The van der Waals surface area contributed by atoms with Crippen LogP contribution < -0.4 is 0 Å². The van der Waals surface area contributed by atoms with Crippen molar-refractivity contribution in [2.24, 2.45) is 0 Å². The fraction of sp³-hybridized carbons (Fsp3) is 1.00. The summed E-state index contributed by atoms with van der Waals surface area (Å²) in [6, 6.07) is 0. The van der Waals surface area contributed by atoms with Crippen LogP contribution in [0.4, 0.5) is 0 Å². The van der Waals surface area contributed by atoms with Gasteiger partial charge in [0.15, 0.2) is 0 Å². The van der Waals surface area contributed by atoms with Crippen LogP contribution in [0.2, 0.25) is 0 Å². The minimum absolute atomic E-state index is 0.116. The van der Waals surface area contributed by atoms with E-state index in [1.54, 1.807) is 6.92 Å². The van der Waals surface area contributed by atoms with E-state index in [-0.39, 0.29) is 13.3 Å². The second kappa shape index (κ2) is 3.87. The molecule has 0 aliphatic rings. The van der Waals surface area contributed by atoms with Gasteiger partial charge in [0.05, 0.1) is 0 Å². The standard InChI is InChI=1S/C4H11NO4S/c1-3-5(4-9-2)10(6,7)8/h3-4H2,1-2H3,(H,6,7,8). The molecule has 6 heteroatoms. The number of rotatable bonds is 4. The molecule has 0 unspecified atom stereocenters. The fourth-order valence-electron chi connectivity index (χ4n) is 0.465. The van der Waals surface area contributed by atoms with Gasteiger partial charge in [-0.05, 0) is 0 Å². The molecule has 0 aromatic carbocycles. The summed E-state index contributed by atoms with van der Waals surface area (Å²) in [4.78, 5) is 0. The monoisotopic (exact) mass is 169 g/mol. The summed E-state index contributed by atoms with van der Waals surface area (Å²) in [5.74, 6) is 0. The van der Waals surface area contributed by atoms with E-state index in [1.807, 2.05) is 0 Å². The maximum atomic E-state index is 10.4. The number of hydrogen-bond donors (Lipinski definition) is 1. The van der Waals surface area contributed by atoms with Gasteiger partial charge in [-0.2, -0.15) is 12.7 Å². The van der Waals surface area contributed by atoms with Gasteiger partial charge in [0.1, 0.15) is 6.73 Å². The lowest BCUT2D eigenvalue weighted by atomic mass is 10.8. The minimum Gasteiger partial charge on any atom is -0.368 e. The van der Waals surface area contributed by atoms with E-state index >= 15 is 0 Å². The molecule has 0 aliphatic heterocycles. The predicted octanol–water partition coefficient (Wildman–Crippen LogP) is -0.285. The molecule has 0 saturated heterocycles. The molecule has 0 spiro atoms. The molecule has 0 fully saturated rings. The largest absolute Gasteiger partial charge is 0.368 e. The smallest absolute Gasteiger partial charge is 0.337 e. The molecule has 0 heterocycles. The summed E-state index contributed by atoms with van der Waals surface area (Å²) >= 11 is 0. The fourth-order valence-corrected chi connectivity index (χ4v) is 1.03. The maximum Gasteiger partial charge on any atom is 0.337 e. The van der Waals surface area contributed by atoms with Crippen molar-refractivity contribution in [1.29, 1.82) is 0 Å². The molecule has 62 valence electrons. The first-order valence-electron chi connectivity index (χ1n) is 2.73. The first-order chi connectivity index (χ1) is 4.52. The van der Waals surface area contributed by atoms with E-state index in [0.29, 0.717) is 0 Å². The summed E-state index contributed by atoms with van der Waals surface area (Å²) in [5.41, 5.74) is 0. The maximum absolute atomic E-state index is 10.4. The third kappa shape index (κ3) is 3.11. The molecule has 0 aliphatic carbocycles. The molecule has 0 radical (unpaired) electrons. The first-order valence-corrected chi connectivity index (χ1v) is 4.13. The minimum atomic E-state index is -4.07. The lowest BCUT2D eigenvalue weighted by Crippen LogP contribution is -2.31. The van der Waals surface area contributed by atoms with Crippen molar-refractivity contribution in [3.63, 3.8) is 0 Å². The Balaban J connectivity index is 4.08. The first kappa shape index (κ1) is 9.83. The Labute approximate surface area is 60.5 Å². The SMILES string of the molecule is CCN(COC)S(=O)(=O)O. The Hall–Kier alpha value is -0.170. The Kier molecular flexibility index (Phi) is 3.80. The number of hydrogen-bond acceptors (Lipinski definition) is 3. The van der Waals surface area contributed by atoms with Crippen LogP contribution in [0, 0.1) is 0 Å². The van der Waals surface area contributed by atoms with E-state index in [9.17, 15) is 8.42 Å². The van der Waals surface area contributed by atoms with Crippen LogP contribution in [-0.2, 0) is 15.0 Å². The molecule has 0 amide bonds. The third-order valence-corrected chi connectivity index (χ3v) is 1.97. The van der Waals surface area contributed by atoms with Gasteiger partial charge in [0, 0.05) is 13.7 Å². The topological polar surface area (TPSA) is 66.8 Å². The number of methoxy groups -OCH3 is 1. The second-order valence-corrected chi connectivity index (χ2v) is 3.08. The third-order valence-electron chi connectivity index (χ3n) is 0.952. The van der Waals surface area contributed by atoms with E-state index in [0.717, 1.165) is 4.31 Å². The van der Waals surface area contributed by atoms with Crippen molar-refractivity contribution < 1.29 is 17.7 Å². The van der Waals surface area contributed by atoms with Crippen molar-refractivity contribution in [3.8, 4) is 0 Å². The normalized spacial score (nSPS) is 12.4. The van der Waals surface area contributed by atoms with Gasteiger partial charge in [-0.25, -0.2) is 0 Å². The Morgan fingerprint density at radius 1 is 1.60 bits per heavy atom. The highest BCUT2D eigenvalue weighted by Crippen LogP contribution is 1.94. The van der Waals surface area contributed by atoms with Crippen LogP contribution in [0.15, 0.2) is 0 Å². The zero-order chi connectivity index (χ0) is 8.20. The van der Waals surface area contributed by atoms with Crippen molar-refractivity contribution in [1.82, 2.24) is 4.31 Å². The van der Waals surface area contributed by atoms with Gasteiger partial charge in [-0.15, -0.1) is 0 Å². The molecule has 0 saturated carbocycles. The lowest BCUT2D eigenvalue weighted by Gasteiger charge is -2.13. The van der Waals surface area contributed by atoms with Gasteiger partial charge in [-0.3, -0.25) is 4.55 Å². The lowest BCUT2D eigenvalue weighted by molar-refractivity contribution is 0.114. The number of ether oxygens (including phenoxy) is 1. The zero-order valence-corrected chi connectivity index (χ0v) is 6.76. The Morgan fingerprint density at radius 3 is 2.20 bits per heavy atom. The van der Waals surface area contributed by atoms with Crippen LogP contribution in [0.1, 0.15) is 6.92 Å². The van der Waals surface area contributed by atoms with E-state index < -0.39 is 10.3 Å². The van der Waals surface area contributed by atoms with Crippen molar-refractivity contribution in [2.75, 3.05) is 20.4 Å². The van der Waals surface area contributed by atoms with Crippen LogP contribution in [0.3, 0.4) is 0 Å². The number of nitrogens with zero attached hydrogens (tertiary/aromatic N) is 1. The summed E-state index contributed by atoms with van der Waals surface area (Å²) < 4.78 is 34.4. The average molecular weight is 169 g/mol. The van der Waals surface area contributed by atoms with Gasteiger partial charge in [0.25, 0.3) is 0 Å². The van der Waals surface area contributed by atoms with Crippen LogP contribution >= 0.6 is 0 Å². The van der Waals surface area contributed by atoms with Crippen LogP contribution in [0.25, 0.3) is 0 Å². The van der Waals surface area contributed by atoms with Crippen LogP contribution in [0.5, 0.6) is 0 Å². The molecule has 1 N–H and O–H groups in total. The zero-order valence-electron chi connectivity index (χ0n) is 5.94. The van der Waals surface area contributed by atoms with E-state index in [4.69, 9.17) is 4.55 Å². The highest BCUT2D eigenvalue weighted by molar-refractivity contribution is 7.83. The van der Waals surface area contributed by atoms with Crippen molar-refractivity contribution in [2.45, 2.75) is 6.92 Å². The van der Waals surface area contributed by atoms with Gasteiger partial charge >= 0.3 is 10.3 Å². The highest BCUT2D eigenvalue weighted by Gasteiger charge is 2.14. The summed E-state index contributed by atoms with van der Waals surface area (Å²) in [6.07, 6.45) is 0. The molecule has 10 heavy (non-hydrogen) atoms. The van der Waals surface area contributed by atoms with Crippen molar-refractivity contribution in [3.05, 3.63) is 0 Å². The molecule has 0 aromatic heterocycles. The molecule has 0 rings (SSSR count). The molecule has 0 bridgehead atoms. The van der Waals surface area contributed by atoms with Gasteiger partial charge in [0.2, 0.25) is 0 Å². The van der Waals surface area contributed by atoms with Gasteiger partial charge < -0.3 is 4.74 Å². The summed E-state index contributed by atoms with van der Waals surface area (Å²) in [5, 5.41) is 0.